The van der Waals surface area contributed by atoms with Crippen molar-refractivity contribution in [3.63, 3.8) is 0 Å². The number of nitrogens with two attached hydrogens (primary N) is 1. The summed E-state index contributed by atoms with van der Waals surface area (Å²) in [7, 11) is 0. The van der Waals surface area contributed by atoms with Crippen LogP contribution in [0.4, 0.5) is 5.95 Å². The fourth-order valence-corrected chi connectivity index (χ4v) is 2.80. The van der Waals surface area contributed by atoms with Gasteiger partial charge in [0.05, 0.1) is 12.3 Å². The van der Waals surface area contributed by atoms with E-state index in [4.69, 9.17) is 10.5 Å². The molecule has 2 aromatic heterocycles. The maximum absolute atomic E-state index is 10.2. The van der Waals surface area contributed by atoms with Gasteiger partial charge >= 0.3 is 0 Å². The monoisotopic (exact) mass is 309 g/mol. The van der Waals surface area contributed by atoms with E-state index in [-0.39, 0.29) is 5.95 Å². The summed E-state index contributed by atoms with van der Waals surface area (Å²) in [6.07, 6.45) is -3.50. The van der Waals surface area contributed by atoms with Crippen molar-refractivity contribution in [1.82, 2.24) is 19.5 Å². The Morgan fingerprint density at radius 2 is 1.95 bits per heavy atom. The summed E-state index contributed by atoms with van der Waals surface area (Å²) in [4.78, 5) is 12.8. The van der Waals surface area contributed by atoms with Gasteiger partial charge in [0, 0.05) is 0 Å². The van der Waals surface area contributed by atoms with Crippen LogP contribution in [0.15, 0.2) is 0 Å². The van der Waals surface area contributed by atoms with E-state index in [0.29, 0.717) is 29.1 Å². The summed E-state index contributed by atoms with van der Waals surface area (Å²) >= 11 is 0. The topological polar surface area (TPSA) is 140 Å². The fraction of sp³-hybridized carbons (Fsp3) is 0.615. The van der Waals surface area contributed by atoms with Crippen LogP contribution in [0.25, 0.3) is 11.2 Å². The van der Waals surface area contributed by atoms with Gasteiger partial charge in [0.25, 0.3) is 0 Å². The third-order valence-corrected chi connectivity index (χ3v) is 3.91. The molecule has 1 aliphatic heterocycles. The molecule has 0 saturated carbocycles. The van der Waals surface area contributed by atoms with Crippen molar-refractivity contribution in [3.8, 4) is 0 Å². The molecule has 9 nitrogen and oxygen atoms in total. The lowest BCUT2D eigenvalue weighted by molar-refractivity contribution is -0.0519. The van der Waals surface area contributed by atoms with Gasteiger partial charge in [-0.1, -0.05) is 6.92 Å². The zero-order valence-electron chi connectivity index (χ0n) is 12.3. The van der Waals surface area contributed by atoms with Crippen molar-refractivity contribution < 1.29 is 20.1 Å². The number of nitrogens with zero attached hydrogens (tertiary/aromatic N) is 4. The summed E-state index contributed by atoms with van der Waals surface area (Å²) in [5, 5.41) is 29.3. The van der Waals surface area contributed by atoms with Gasteiger partial charge in [0.15, 0.2) is 11.9 Å². The van der Waals surface area contributed by atoms with Gasteiger partial charge in [-0.3, -0.25) is 4.57 Å². The van der Waals surface area contributed by atoms with Crippen LogP contribution in [0, 0.1) is 6.92 Å². The number of aromatic nitrogens is 4. The number of hydrogen-bond acceptors (Lipinski definition) is 8. The molecule has 1 aliphatic rings. The Hall–Kier alpha value is -1.81. The third-order valence-electron chi connectivity index (χ3n) is 3.91. The maximum atomic E-state index is 10.2. The normalized spacial score (nSPS) is 28.6. The van der Waals surface area contributed by atoms with Crippen molar-refractivity contribution in [1.29, 1.82) is 0 Å². The second kappa shape index (κ2) is 5.43. The van der Waals surface area contributed by atoms with Crippen molar-refractivity contribution in [2.75, 3.05) is 12.3 Å². The van der Waals surface area contributed by atoms with Crippen LogP contribution in [-0.4, -0.2) is 59.8 Å². The van der Waals surface area contributed by atoms with Crippen LogP contribution in [0.5, 0.6) is 0 Å². The summed E-state index contributed by atoms with van der Waals surface area (Å²) in [5.74, 6) is 0.664. The minimum atomic E-state index is -1.20. The van der Waals surface area contributed by atoms with Crippen molar-refractivity contribution in [3.05, 3.63) is 11.5 Å². The lowest BCUT2D eigenvalue weighted by atomic mass is 10.1. The lowest BCUT2D eigenvalue weighted by Gasteiger charge is -2.18. The zero-order chi connectivity index (χ0) is 16.0. The number of imidazole rings is 1. The van der Waals surface area contributed by atoms with Gasteiger partial charge in [0.1, 0.15) is 29.7 Å². The van der Waals surface area contributed by atoms with E-state index in [0.717, 1.165) is 0 Å². The molecule has 0 aliphatic carbocycles. The number of aliphatic hydroxyl groups excluding tert-OH is 3. The number of aliphatic hydroxyl groups is 3. The third kappa shape index (κ3) is 2.13. The second-order valence-electron chi connectivity index (χ2n) is 5.31. The van der Waals surface area contributed by atoms with Crippen molar-refractivity contribution >= 4 is 17.1 Å². The first-order chi connectivity index (χ1) is 10.5. The molecule has 0 bridgehead atoms. The molecule has 1 saturated heterocycles. The molecule has 0 aromatic carbocycles. The molecule has 5 N–H and O–H groups in total. The summed E-state index contributed by atoms with van der Waals surface area (Å²) in [6.45, 7) is 3.28. The van der Waals surface area contributed by atoms with Crippen molar-refractivity contribution in [2.45, 2.75) is 44.8 Å². The molecule has 120 valence electrons. The molecule has 3 heterocycles. The molecule has 22 heavy (non-hydrogen) atoms. The van der Waals surface area contributed by atoms with Crippen LogP contribution in [0.3, 0.4) is 0 Å². The Morgan fingerprint density at radius 3 is 2.55 bits per heavy atom. The number of fused-ring (bicyclic) bond motifs is 1. The number of rotatable bonds is 3. The van der Waals surface area contributed by atoms with Gasteiger partial charge in [-0.25, -0.2) is 9.97 Å². The first-order valence-corrected chi connectivity index (χ1v) is 7.11. The highest BCUT2D eigenvalue weighted by Crippen LogP contribution is 2.33. The Kier molecular flexibility index (Phi) is 3.73. The van der Waals surface area contributed by atoms with E-state index in [1.165, 1.54) is 0 Å². The molecule has 0 spiro atoms. The van der Waals surface area contributed by atoms with Crippen LogP contribution >= 0.6 is 0 Å². The molecule has 1 fully saturated rings. The van der Waals surface area contributed by atoms with E-state index >= 15 is 0 Å². The summed E-state index contributed by atoms with van der Waals surface area (Å²) in [5.41, 5.74) is 7.47. The minimum absolute atomic E-state index is 0.109. The smallest absolute Gasteiger partial charge is 0.222 e. The molecule has 3 rings (SSSR count). The van der Waals surface area contributed by atoms with Crippen LogP contribution in [0.2, 0.25) is 0 Å². The first kappa shape index (κ1) is 15.1. The van der Waals surface area contributed by atoms with E-state index in [1.54, 1.807) is 11.5 Å². The largest absolute Gasteiger partial charge is 0.394 e. The van der Waals surface area contributed by atoms with Crippen LogP contribution in [0.1, 0.15) is 24.7 Å². The molecule has 4 atom stereocenters. The molecular weight excluding hydrogens is 290 g/mol. The molecule has 0 amide bonds. The van der Waals surface area contributed by atoms with Gasteiger partial charge in [-0.2, -0.15) is 4.98 Å². The molecule has 0 radical (unpaired) electrons. The average molecular weight is 309 g/mol. The standard InChI is InChI=1S/C13H19N5O4/c1-3-6-8-11(17-13(14)16-6)18(5(2)15-8)12-10(21)9(20)7(4-19)22-12/h7,9-10,12,19-21H,3-4H2,1-2H3,(H2,14,16,17)/t7-,9-,10+,12-/m1/s1. The fourth-order valence-electron chi connectivity index (χ4n) is 2.80. The quantitative estimate of drug-likeness (QED) is 0.559. The van der Waals surface area contributed by atoms with E-state index in [1.807, 2.05) is 6.92 Å². The average Bonchev–Trinajstić information content (AvgIpc) is 2.96. The molecular formula is C13H19N5O4. The number of aryl methyl sites for hydroxylation is 2. The lowest BCUT2D eigenvalue weighted by Crippen LogP contribution is -2.33. The van der Waals surface area contributed by atoms with Gasteiger partial charge in [-0.05, 0) is 13.3 Å². The number of anilines is 1. The Labute approximate surface area is 126 Å². The number of ether oxygens (including phenoxy) is 1. The van der Waals surface area contributed by atoms with Crippen LogP contribution in [-0.2, 0) is 11.2 Å². The van der Waals surface area contributed by atoms with E-state index in [2.05, 4.69) is 15.0 Å². The summed E-state index contributed by atoms with van der Waals surface area (Å²) < 4.78 is 7.13. The second-order valence-corrected chi connectivity index (χ2v) is 5.31. The van der Waals surface area contributed by atoms with E-state index < -0.39 is 31.1 Å². The Morgan fingerprint density at radius 1 is 1.23 bits per heavy atom. The predicted molar refractivity (Wildman–Crippen MR) is 76.9 cm³/mol. The van der Waals surface area contributed by atoms with Gasteiger partial charge < -0.3 is 25.8 Å². The first-order valence-electron chi connectivity index (χ1n) is 7.11. The zero-order valence-corrected chi connectivity index (χ0v) is 12.3. The SMILES string of the molecule is CCc1nc(N)nc2c1nc(C)n2[C@@H]1O[C@H](CO)[C@@H](O)[C@@H]1O. The Bertz CT molecular complexity index is 703. The molecule has 2 aromatic rings. The highest BCUT2D eigenvalue weighted by atomic mass is 16.6. The van der Waals surface area contributed by atoms with Crippen LogP contribution < -0.4 is 5.73 Å². The number of hydrogen-bond donors (Lipinski definition) is 4. The molecule has 9 heteroatoms. The highest BCUT2D eigenvalue weighted by molar-refractivity contribution is 5.75. The summed E-state index contributed by atoms with van der Waals surface area (Å²) in [6, 6.07) is 0. The Balaban J connectivity index is 2.15. The molecule has 0 unspecified atom stereocenters. The number of nitrogen functional groups attached to an aromatic ring is 1. The van der Waals surface area contributed by atoms with Crippen molar-refractivity contribution in [2.24, 2.45) is 0 Å². The van der Waals surface area contributed by atoms with E-state index in [9.17, 15) is 15.3 Å². The van der Waals surface area contributed by atoms with Gasteiger partial charge in [0.2, 0.25) is 5.95 Å². The van der Waals surface area contributed by atoms with Gasteiger partial charge in [-0.15, -0.1) is 0 Å². The minimum Gasteiger partial charge on any atom is -0.394 e. The maximum Gasteiger partial charge on any atom is 0.222 e. The highest BCUT2D eigenvalue weighted by Gasteiger charge is 2.44. The predicted octanol–water partition coefficient (Wildman–Crippen LogP) is -1.11.